The van der Waals surface area contributed by atoms with Gasteiger partial charge in [-0.1, -0.05) is 25.1 Å². The molecule has 1 aromatic heterocycles. The molecule has 5 nitrogen and oxygen atoms in total. The zero-order valence-electron chi connectivity index (χ0n) is 17.1. The van der Waals surface area contributed by atoms with Gasteiger partial charge >= 0.3 is 5.97 Å². The van der Waals surface area contributed by atoms with Gasteiger partial charge in [-0.05, 0) is 47.4 Å². The SMILES string of the molecule is C=CC(O)c1ccc2c(c1)c(Cc1ccc(C(=O)OC)cc1OC)cn2CCC. The molecular formula is C24H27NO4. The number of aryl methyl sites for hydroxylation is 1. The number of aliphatic hydroxyl groups excluding tert-OH is 1. The number of ether oxygens (including phenoxy) is 2. The Morgan fingerprint density at radius 1 is 1.21 bits per heavy atom. The lowest BCUT2D eigenvalue weighted by atomic mass is 9.99. The summed E-state index contributed by atoms with van der Waals surface area (Å²) < 4.78 is 12.6. The maximum absolute atomic E-state index is 11.8. The van der Waals surface area contributed by atoms with Crippen molar-refractivity contribution in [2.45, 2.75) is 32.4 Å². The highest BCUT2D eigenvalue weighted by Gasteiger charge is 2.15. The molecule has 0 radical (unpaired) electrons. The summed E-state index contributed by atoms with van der Waals surface area (Å²) in [5.74, 6) is 0.254. The smallest absolute Gasteiger partial charge is 0.337 e. The molecule has 0 fully saturated rings. The van der Waals surface area contributed by atoms with E-state index in [2.05, 4.69) is 24.3 Å². The monoisotopic (exact) mass is 393 g/mol. The number of benzene rings is 2. The van der Waals surface area contributed by atoms with Crippen molar-refractivity contribution in [3.8, 4) is 5.75 Å². The number of nitrogens with zero attached hydrogens (tertiary/aromatic N) is 1. The van der Waals surface area contributed by atoms with Crippen molar-refractivity contribution >= 4 is 16.9 Å². The van der Waals surface area contributed by atoms with Gasteiger partial charge in [0.25, 0.3) is 0 Å². The molecule has 3 rings (SSSR count). The molecule has 1 unspecified atom stereocenters. The quantitative estimate of drug-likeness (QED) is 0.447. The number of aliphatic hydroxyl groups is 1. The van der Waals surface area contributed by atoms with Crippen molar-refractivity contribution < 1.29 is 19.4 Å². The van der Waals surface area contributed by atoms with Gasteiger partial charge in [-0.3, -0.25) is 0 Å². The summed E-state index contributed by atoms with van der Waals surface area (Å²) in [5.41, 5.74) is 4.52. The summed E-state index contributed by atoms with van der Waals surface area (Å²) in [6.45, 7) is 6.75. The average Bonchev–Trinajstić information content (AvgIpc) is 3.09. The summed E-state index contributed by atoms with van der Waals surface area (Å²) in [6, 6.07) is 11.4. The normalized spacial score (nSPS) is 12.0. The Morgan fingerprint density at radius 2 is 2.00 bits per heavy atom. The van der Waals surface area contributed by atoms with Crippen LogP contribution in [0.4, 0.5) is 0 Å². The molecule has 0 saturated carbocycles. The molecule has 29 heavy (non-hydrogen) atoms. The molecule has 0 aliphatic heterocycles. The van der Waals surface area contributed by atoms with E-state index in [0.29, 0.717) is 17.7 Å². The maximum Gasteiger partial charge on any atom is 0.337 e. The fraction of sp³-hybridized carbons (Fsp3) is 0.292. The van der Waals surface area contributed by atoms with Gasteiger partial charge in [0.05, 0.1) is 25.9 Å². The van der Waals surface area contributed by atoms with Gasteiger partial charge in [0.2, 0.25) is 0 Å². The Morgan fingerprint density at radius 3 is 2.66 bits per heavy atom. The molecule has 1 atom stereocenters. The Bertz CT molecular complexity index is 1030. The Balaban J connectivity index is 2.07. The molecule has 0 bridgehead atoms. The lowest BCUT2D eigenvalue weighted by Crippen LogP contribution is -2.03. The van der Waals surface area contributed by atoms with Gasteiger partial charge in [0.1, 0.15) is 5.75 Å². The van der Waals surface area contributed by atoms with E-state index in [-0.39, 0.29) is 0 Å². The second kappa shape index (κ2) is 8.97. The highest BCUT2D eigenvalue weighted by atomic mass is 16.5. The zero-order valence-corrected chi connectivity index (χ0v) is 17.1. The summed E-state index contributed by atoms with van der Waals surface area (Å²) in [6.07, 6.45) is 4.66. The third-order valence-electron chi connectivity index (χ3n) is 5.11. The Kier molecular flexibility index (Phi) is 6.39. The molecule has 3 aromatic rings. The molecule has 1 N–H and O–H groups in total. The van der Waals surface area contributed by atoms with Crippen LogP contribution in [0.15, 0.2) is 55.3 Å². The fourth-order valence-corrected chi connectivity index (χ4v) is 3.62. The number of hydrogen-bond donors (Lipinski definition) is 1. The second-order valence-corrected chi connectivity index (χ2v) is 7.00. The highest BCUT2D eigenvalue weighted by molar-refractivity contribution is 5.90. The minimum Gasteiger partial charge on any atom is -0.496 e. The second-order valence-electron chi connectivity index (χ2n) is 7.00. The van der Waals surface area contributed by atoms with Gasteiger partial charge in [0, 0.05) is 30.1 Å². The number of carbonyl (C=O) groups excluding carboxylic acids is 1. The molecular weight excluding hydrogens is 366 g/mol. The standard InChI is InChI=1S/C24H27NO4/c1-5-11-25-15-19(20-13-16(22(26)6-2)9-10-21(20)25)12-17-7-8-18(24(27)29-4)14-23(17)28-3/h6-10,13-15,22,26H,2,5,11-12H2,1,3-4H3. The Labute approximate surface area is 171 Å². The number of fused-ring (bicyclic) bond motifs is 1. The lowest BCUT2D eigenvalue weighted by Gasteiger charge is -2.10. The average molecular weight is 393 g/mol. The number of esters is 1. The summed E-state index contributed by atoms with van der Waals surface area (Å²) in [7, 11) is 2.96. The van der Waals surface area contributed by atoms with Crippen molar-refractivity contribution in [1.82, 2.24) is 4.57 Å². The largest absolute Gasteiger partial charge is 0.496 e. The topological polar surface area (TPSA) is 60.7 Å². The van der Waals surface area contributed by atoms with Gasteiger partial charge in [0.15, 0.2) is 0 Å². The van der Waals surface area contributed by atoms with Crippen LogP contribution in [0, 0.1) is 0 Å². The number of methoxy groups -OCH3 is 2. The third kappa shape index (κ3) is 4.20. The summed E-state index contributed by atoms with van der Waals surface area (Å²) in [5, 5.41) is 11.3. The van der Waals surface area contributed by atoms with E-state index >= 15 is 0 Å². The molecule has 5 heteroatoms. The number of hydrogen-bond acceptors (Lipinski definition) is 4. The van der Waals surface area contributed by atoms with E-state index in [4.69, 9.17) is 9.47 Å². The maximum atomic E-state index is 11.8. The van der Waals surface area contributed by atoms with Crippen LogP contribution < -0.4 is 4.74 Å². The van der Waals surface area contributed by atoms with E-state index < -0.39 is 12.1 Å². The van der Waals surface area contributed by atoms with Crippen LogP contribution in [-0.2, 0) is 17.7 Å². The van der Waals surface area contributed by atoms with Crippen LogP contribution in [0.3, 0.4) is 0 Å². The predicted octanol–water partition coefficient (Wildman–Crippen LogP) is 4.66. The molecule has 2 aromatic carbocycles. The minimum atomic E-state index is -0.698. The first-order valence-corrected chi connectivity index (χ1v) is 9.69. The molecule has 0 aliphatic carbocycles. The first kappa shape index (κ1) is 20.7. The van der Waals surface area contributed by atoms with Gasteiger partial charge in [-0.15, -0.1) is 6.58 Å². The van der Waals surface area contributed by atoms with Gasteiger partial charge in [-0.25, -0.2) is 4.79 Å². The minimum absolute atomic E-state index is 0.391. The lowest BCUT2D eigenvalue weighted by molar-refractivity contribution is 0.0600. The van der Waals surface area contributed by atoms with Crippen LogP contribution in [0.2, 0.25) is 0 Å². The number of carbonyl (C=O) groups is 1. The van der Waals surface area contributed by atoms with Crippen molar-refractivity contribution in [3.05, 3.63) is 77.5 Å². The van der Waals surface area contributed by atoms with E-state index in [9.17, 15) is 9.90 Å². The predicted molar refractivity (Wildman–Crippen MR) is 115 cm³/mol. The fourth-order valence-electron chi connectivity index (χ4n) is 3.62. The van der Waals surface area contributed by atoms with E-state index in [1.807, 2.05) is 24.3 Å². The molecule has 0 aliphatic rings. The van der Waals surface area contributed by atoms with Crippen molar-refractivity contribution in [2.75, 3.05) is 14.2 Å². The summed E-state index contributed by atoms with van der Waals surface area (Å²) >= 11 is 0. The molecule has 152 valence electrons. The van der Waals surface area contributed by atoms with Crippen LogP contribution in [-0.4, -0.2) is 29.9 Å². The molecule has 0 saturated heterocycles. The first-order valence-electron chi connectivity index (χ1n) is 9.69. The highest BCUT2D eigenvalue weighted by Crippen LogP contribution is 2.30. The van der Waals surface area contributed by atoms with E-state index in [0.717, 1.165) is 40.6 Å². The van der Waals surface area contributed by atoms with Crippen molar-refractivity contribution in [1.29, 1.82) is 0 Å². The van der Waals surface area contributed by atoms with Crippen LogP contribution in [0.5, 0.6) is 5.75 Å². The van der Waals surface area contributed by atoms with Crippen molar-refractivity contribution in [3.63, 3.8) is 0 Å². The van der Waals surface area contributed by atoms with Crippen molar-refractivity contribution in [2.24, 2.45) is 0 Å². The van der Waals surface area contributed by atoms with Crippen LogP contribution >= 0.6 is 0 Å². The third-order valence-corrected chi connectivity index (χ3v) is 5.11. The summed E-state index contributed by atoms with van der Waals surface area (Å²) in [4.78, 5) is 11.8. The number of rotatable bonds is 8. The Hall–Kier alpha value is -3.05. The van der Waals surface area contributed by atoms with Gasteiger partial charge in [-0.2, -0.15) is 0 Å². The number of aromatic nitrogens is 1. The van der Waals surface area contributed by atoms with E-state index in [1.54, 1.807) is 19.2 Å². The zero-order chi connectivity index (χ0) is 21.0. The molecule has 1 heterocycles. The molecule has 0 amide bonds. The molecule has 0 spiro atoms. The van der Waals surface area contributed by atoms with E-state index in [1.165, 1.54) is 13.2 Å². The van der Waals surface area contributed by atoms with Gasteiger partial charge < -0.3 is 19.1 Å². The van der Waals surface area contributed by atoms with Crippen LogP contribution in [0.25, 0.3) is 10.9 Å². The first-order chi connectivity index (χ1) is 14.0. The van der Waals surface area contributed by atoms with Crippen LogP contribution in [0.1, 0.15) is 46.5 Å².